The molecule has 2 fully saturated rings. The van der Waals surface area contributed by atoms with Gasteiger partial charge in [-0.1, -0.05) is 67.6 Å². The summed E-state index contributed by atoms with van der Waals surface area (Å²) in [5.74, 6) is 1.57. The second-order valence-electron chi connectivity index (χ2n) is 8.15. The molecule has 1 saturated heterocycles. The van der Waals surface area contributed by atoms with Gasteiger partial charge in [0.2, 0.25) is 0 Å². The minimum atomic E-state index is 0.0580. The number of hydrogen-bond acceptors (Lipinski definition) is 3. The first-order chi connectivity index (χ1) is 13.3. The second kappa shape index (κ2) is 8.68. The highest BCUT2D eigenvalue weighted by Gasteiger charge is 2.33. The van der Waals surface area contributed by atoms with Gasteiger partial charge in [0.1, 0.15) is 0 Å². The summed E-state index contributed by atoms with van der Waals surface area (Å²) in [4.78, 5) is 14.8. The number of carbonyl (C=O) groups excluding carboxylic acids is 1. The number of likely N-dealkylation sites (tertiary alicyclic amines) is 1. The van der Waals surface area contributed by atoms with Crippen molar-refractivity contribution in [2.24, 2.45) is 11.8 Å². The van der Waals surface area contributed by atoms with Crippen molar-refractivity contribution < 1.29 is 4.79 Å². The molecule has 0 N–H and O–H groups in total. The number of benzene rings is 1. The van der Waals surface area contributed by atoms with Crippen LogP contribution in [0.2, 0.25) is 0 Å². The van der Waals surface area contributed by atoms with E-state index in [-0.39, 0.29) is 5.91 Å². The Hall–Kier alpha value is -2.17. The average molecular weight is 367 g/mol. The first kappa shape index (κ1) is 18.2. The second-order valence-corrected chi connectivity index (χ2v) is 8.15. The number of nitrogens with zero attached hydrogens (tertiary/aromatic N) is 4. The molecular formula is C22H30N4O. The van der Waals surface area contributed by atoms with Crippen LogP contribution in [0.1, 0.15) is 61.0 Å². The predicted molar refractivity (Wildman–Crippen MR) is 105 cm³/mol. The fourth-order valence-corrected chi connectivity index (χ4v) is 4.72. The molecule has 0 spiro atoms. The summed E-state index contributed by atoms with van der Waals surface area (Å²) in [5.41, 5.74) is 1.83. The Bertz CT molecular complexity index is 736. The van der Waals surface area contributed by atoms with Gasteiger partial charge in [0, 0.05) is 19.6 Å². The lowest BCUT2D eigenvalue weighted by molar-refractivity contribution is 0.0773. The van der Waals surface area contributed by atoms with Crippen LogP contribution >= 0.6 is 0 Å². The van der Waals surface area contributed by atoms with Crippen LogP contribution in [0.4, 0.5) is 0 Å². The topological polar surface area (TPSA) is 51.0 Å². The molecule has 2 aliphatic rings. The van der Waals surface area contributed by atoms with E-state index < -0.39 is 0 Å². The Labute approximate surface area is 161 Å². The monoisotopic (exact) mass is 366 g/mol. The first-order valence-corrected chi connectivity index (χ1v) is 10.5. The molecule has 144 valence electrons. The van der Waals surface area contributed by atoms with Crippen LogP contribution in [-0.4, -0.2) is 38.9 Å². The normalized spacial score (nSPS) is 20.9. The zero-order chi connectivity index (χ0) is 18.5. The molecule has 4 rings (SSSR count). The maximum Gasteiger partial charge on any atom is 0.276 e. The molecule has 5 heteroatoms. The van der Waals surface area contributed by atoms with Gasteiger partial charge in [-0.25, -0.2) is 0 Å². The van der Waals surface area contributed by atoms with Crippen molar-refractivity contribution in [3.8, 4) is 0 Å². The minimum absolute atomic E-state index is 0.0580. The predicted octanol–water partition coefficient (Wildman–Crippen LogP) is 3.95. The molecule has 2 heterocycles. The fourth-order valence-electron chi connectivity index (χ4n) is 4.72. The van der Waals surface area contributed by atoms with Crippen LogP contribution in [0, 0.1) is 11.8 Å². The SMILES string of the molecule is O=C(c1cn(CCCc2ccccc2)nn1)N1CCC(C2CCCCC2)C1. The average Bonchev–Trinajstić information content (AvgIpc) is 3.39. The van der Waals surface area contributed by atoms with Crippen molar-refractivity contribution in [1.29, 1.82) is 0 Å². The molecule has 1 saturated carbocycles. The van der Waals surface area contributed by atoms with Gasteiger partial charge in [-0.05, 0) is 36.7 Å². The highest BCUT2D eigenvalue weighted by Crippen LogP contribution is 2.35. The summed E-state index contributed by atoms with van der Waals surface area (Å²) in [6.07, 6.45) is 11.8. The zero-order valence-electron chi connectivity index (χ0n) is 16.1. The molecule has 0 radical (unpaired) electrons. The van der Waals surface area contributed by atoms with E-state index >= 15 is 0 Å². The number of amides is 1. The van der Waals surface area contributed by atoms with E-state index in [2.05, 4.69) is 34.6 Å². The molecule has 1 amide bonds. The largest absolute Gasteiger partial charge is 0.337 e. The van der Waals surface area contributed by atoms with Crippen LogP contribution in [0.5, 0.6) is 0 Å². The minimum Gasteiger partial charge on any atom is -0.337 e. The Kier molecular flexibility index (Phi) is 5.85. The Balaban J connectivity index is 1.27. The molecule has 1 atom stereocenters. The summed E-state index contributed by atoms with van der Waals surface area (Å²) >= 11 is 0. The number of rotatable bonds is 6. The van der Waals surface area contributed by atoms with Crippen LogP contribution in [-0.2, 0) is 13.0 Å². The summed E-state index contributed by atoms with van der Waals surface area (Å²) < 4.78 is 1.81. The molecule has 5 nitrogen and oxygen atoms in total. The molecule has 27 heavy (non-hydrogen) atoms. The van der Waals surface area contributed by atoms with Crippen LogP contribution in [0.3, 0.4) is 0 Å². The maximum atomic E-state index is 12.8. The molecule has 1 aliphatic carbocycles. The number of carbonyl (C=O) groups is 1. The van der Waals surface area contributed by atoms with Crippen molar-refractivity contribution >= 4 is 5.91 Å². The van der Waals surface area contributed by atoms with Crippen molar-refractivity contribution in [2.45, 2.75) is 57.9 Å². The van der Waals surface area contributed by atoms with E-state index in [4.69, 9.17) is 0 Å². The third-order valence-corrected chi connectivity index (χ3v) is 6.28. The van der Waals surface area contributed by atoms with Crippen molar-refractivity contribution in [2.75, 3.05) is 13.1 Å². The number of aryl methyl sites for hydroxylation is 2. The molecule has 2 aromatic rings. The summed E-state index contributed by atoms with van der Waals surface area (Å²) in [6.45, 7) is 2.57. The third-order valence-electron chi connectivity index (χ3n) is 6.28. The zero-order valence-corrected chi connectivity index (χ0v) is 16.1. The molecular weight excluding hydrogens is 336 g/mol. The standard InChI is InChI=1S/C22H30N4O/c27-22(25-15-13-20(16-25)19-11-5-2-6-12-19)21-17-26(24-23-21)14-7-10-18-8-3-1-4-9-18/h1,3-4,8-9,17,19-20H,2,5-7,10-16H2. The molecule has 1 unspecified atom stereocenters. The van der Waals surface area contributed by atoms with Crippen LogP contribution in [0.25, 0.3) is 0 Å². The first-order valence-electron chi connectivity index (χ1n) is 10.5. The van der Waals surface area contributed by atoms with E-state index in [0.717, 1.165) is 44.8 Å². The Morgan fingerprint density at radius 2 is 1.85 bits per heavy atom. The highest BCUT2D eigenvalue weighted by molar-refractivity contribution is 5.92. The maximum absolute atomic E-state index is 12.8. The molecule has 1 aromatic carbocycles. The van der Waals surface area contributed by atoms with Crippen molar-refractivity contribution in [3.05, 3.63) is 47.8 Å². The van der Waals surface area contributed by atoms with E-state index in [1.165, 1.54) is 37.7 Å². The van der Waals surface area contributed by atoms with E-state index in [9.17, 15) is 4.79 Å². The molecule has 1 aliphatic heterocycles. The lowest BCUT2D eigenvalue weighted by Gasteiger charge is -2.27. The fraction of sp³-hybridized carbons (Fsp3) is 0.591. The van der Waals surface area contributed by atoms with Gasteiger partial charge >= 0.3 is 0 Å². The van der Waals surface area contributed by atoms with Crippen molar-refractivity contribution in [3.63, 3.8) is 0 Å². The Morgan fingerprint density at radius 3 is 2.67 bits per heavy atom. The summed E-state index contributed by atoms with van der Waals surface area (Å²) in [7, 11) is 0. The summed E-state index contributed by atoms with van der Waals surface area (Å²) in [5, 5.41) is 8.31. The third kappa shape index (κ3) is 4.57. The van der Waals surface area contributed by atoms with E-state index in [0.29, 0.717) is 11.6 Å². The molecule has 0 bridgehead atoms. The van der Waals surface area contributed by atoms with E-state index in [1.54, 1.807) is 0 Å². The van der Waals surface area contributed by atoms with Crippen LogP contribution in [0.15, 0.2) is 36.5 Å². The van der Waals surface area contributed by atoms with Gasteiger partial charge < -0.3 is 4.90 Å². The smallest absolute Gasteiger partial charge is 0.276 e. The molecule has 1 aromatic heterocycles. The quantitative estimate of drug-likeness (QED) is 0.778. The highest BCUT2D eigenvalue weighted by atomic mass is 16.2. The lowest BCUT2D eigenvalue weighted by Crippen LogP contribution is -2.30. The van der Waals surface area contributed by atoms with E-state index in [1.807, 2.05) is 21.8 Å². The van der Waals surface area contributed by atoms with Crippen molar-refractivity contribution in [1.82, 2.24) is 19.9 Å². The van der Waals surface area contributed by atoms with Crippen LogP contribution < -0.4 is 0 Å². The lowest BCUT2D eigenvalue weighted by atomic mass is 9.80. The van der Waals surface area contributed by atoms with Gasteiger partial charge in [0.15, 0.2) is 5.69 Å². The van der Waals surface area contributed by atoms with Gasteiger partial charge in [-0.3, -0.25) is 9.48 Å². The van der Waals surface area contributed by atoms with Gasteiger partial charge in [0.05, 0.1) is 6.20 Å². The van der Waals surface area contributed by atoms with Gasteiger partial charge in [-0.15, -0.1) is 5.10 Å². The van der Waals surface area contributed by atoms with Gasteiger partial charge in [-0.2, -0.15) is 0 Å². The summed E-state index contributed by atoms with van der Waals surface area (Å²) in [6, 6.07) is 10.5. The number of aromatic nitrogens is 3. The van der Waals surface area contributed by atoms with Gasteiger partial charge in [0.25, 0.3) is 5.91 Å². The number of hydrogen-bond donors (Lipinski definition) is 0. The Morgan fingerprint density at radius 1 is 1.04 bits per heavy atom.